The molecule has 0 aromatic carbocycles. The minimum absolute atomic E-state index is 0.593. The van der Waals surface area contributed by atoms with E-state index in [1.54, 1.807) is 0 Å². The second kappa shape index (κ2) is 4.45. The van der Waals surface area contributed by atoms with Gasteiger partial charge in [-0.25, -0.2) is 0 Å². The topological polar surface area (TPSA) is 12.0 Å². The van der Waals surface area contributed by atoms with Gasteiger partial charge in [-0.15, -0.1) is 11.3 Å². The van der Waals surface area contributed by atoms with Crippen LogP contribution in [-0.4, -0.2) is 7.05 Å². The fraction of sp³-hybridized carbons (Fsp3) is 0.667. The van der Waals surface area contributed by atoms with E-state index in [0.29, 0.717) is 6.04 Å². The standard InChI is InChI=1S/C12H19NS/c1-9-7-8-14-12(9)11(13-2)6-5-10-3-4-10/h7-8,10-11,13H,3-6H2,1-2H3. The average molecular weight is 209 g/mol. The van der Waals surface area contributed by atoms with Crippen molar-refractivity contribution in [2.24, 2.45) is 5.92 Å². The lowest BCUT2D eigenvalue weighted by molar-refractivity contribution is 0.511. The molecule has 78 valence electrons. The van der Waals surface area contributed by atoms with Crippen molar-refractivity contribution in [2.75, 3.05) is 7.05 Å². The number of thiophene rings is 1. The molecule has 1 aliphatic carbocycles. The third-order valence-electron chi connectivity index (χ3n) is 3.13. The monoisotopic (exact) mass is 209 g/mol. The van der Waals surface area contributed by atoms with Crippen molar-refractivity contribution in [1.82, 2.24) is 5.32 Å². The van der Waals surface area contributed by atoms with Crippen LogP contribution in [0.4, 0.5) is 0 Å². The Morgan fingerprint density at radius 1 is 1.57 bits per heavy atom. The molecule has 2 rings (SSSR count). The Morgan fingerprint density at radius 2 is 2.36 bits per heavy atom. The van der Waals surface area contributed by atoms with E-state index in [2.05, 4.69) is 30.7 Å². The second-order valence-corrected chi connectivity index (χ2v) is 5.28. The molecule has 1 aromatic heterocycles. The highest BCUT2D eigenvalue weighted by Gasteiger charge is 2.23. The Labute approximate surface area is 90.5 Å². The van der Waals surface area contributed by atoms with Crippen molar-refractivity contribution in [3.05, 3.63) is 21.9 Å². The number of nitrogens with one attached hydrogen (secondary N) is 1. The van der Waals surface area contributed by atoms with Gasteiger partial charge in [0.25, 0.3) is 0 Å². The molecular weight excluding hydrogens is 190 g/mol. The molecule has 1 aromatic rings. The van der Waals surface area contributed by atoms with Gasteiger partial charge in [0.05, 0.1) is 0 Å². The van der Waals surface area contributed by atoms with Gasteiger partial charge >= 0.3 is 0 Å². The Kier molecular flexibility index (Phi) is 3.24. The Bertz CT molecular complexity index is 288. The highest BCUT2D eigenvalue weighted by molar-refractivity contribution is 7.10. The summed E-state index contributed by atoms with van der Waals surface area (Å²) in [6, 6.07) is 2.82. The molecule has 1 fully saturated rings. The van der Waals surface area contributed by atoms with Crippen LogP contribution in [0.2, 0.25) is 0 Å². The van der Waals surface area contributed by atoms with E-state index < -0.39 is 0 Å². The summed E-state index contributed by atoms with van der Waals surface area (Å²) in [6.45, 7) is 2.22. The van der Waals surface area contributed by atoms with Gasteiger partial charge in [-0.1, -0.05) is 12.8 Å². The summed E-state index contributed by atoms with van der Waals surface area (Å²) in [5.41, 5.74) is 1.45. The van der Waals surface area contributed by atoms with Gasteiger partial charge in [0.2, 0.25) is 0 Å². The van der Waals surface area contributed by atoms with Crippen molar-refractivity contribution in [1.29, 1.82) is 0 Å². The van der Waals surface area contributed by atoms with Crippen LogP contribution in [0.15, 0.2) is 11.4 Å². The predicted molar refractivity (Wildman–Crippen MR) is 62.8 cm³/mol. The first-order valence-electron chi connectivity index (χ1n) is 5.52. The fourth-order valence-electron chi connectivity index (χ4n) is 1.96. The minimum atomic E-state index is 0.593. The third kappa shape index (κ3) is 2.37. The molecule has 1 heterocycles. The zero-order valence-corrected chi connectivity index (χ0v) is 9.86. The van der Waals surface area contributed by atoms with Crippen LogP contribution in [0, 0.1) is 12.8 Å². The van der Waals surface area contributed by atoms with E-state index in [4.69, 9.17) is 0 Å². The van der Waals surface area contributed by atoms with E-state index in [9.17, 15) is 0 Å². The molecule has 0 saturated heterocycles. The van der Waals surface area contributed by atoms with Gasteiger partial charge in [-0.3, -0.25) is 0 Å². The maximum atomic E-state index is 3.44. The van der Waals surface area contributed by atoms with Crippen molar-refractivity contribution in [3.8, 4) is 0 Å². The third-order valence-corrected chi connectivity index (χ3v) is 4.26. The summed E-state index contributed by atoms with van der Waals surface area (Å²) in [6.07, 6.45) is 5.66. The van der Waals surface area contributed by atoms with Gasteiger partial charge in [-0.05, 0) is 49.7 Å². The molecule has 1 nitrogen and oxygen atoms in total. The molecule has 1 N–H and O–H groups in total. The summed E-state index contributed by atoms with van der Waals surface area (Å²) < 4.78 is 0. The molecule has 0 radical (unpaired) electrons. The van der Waals surface area contributed by atoms with Crippen LogP contribution in [0.1, 0.15) is 42.2 Å². The summed E-state index contributed by atoms with van der Waals surface area (Å²) in [5.74, 6) is 1.05. The van der Waals surface area contributed by atoms with E-state index >= 15 is 0 Å². The van der Waals surface area contributed by atoms with Gasteiger partial charge in [0, 0.05) is 10.9 Å². The summed E-state index contributed by atoms with van der Waals surface area (Å²) in [5, 5.41) is 5.64. The molecule has 14 heavy (non-hydrogen) atoms. The highest BCUT2D eigenvalue weighted by Crippen LogP contribution is 2.37. The molecule has 0 bridgehead atoms. The van der Waals surface area contributed by atoms with Crippen LogP contribution >= 0.6 is 11.3 Å². The van der Waals surface area contributed by atoms with Crippen molar-refractivity contribution in [2.45, 2.75) is 38.6 Å². The first-order chi connectivity index (χ1) is 6.81. The lowest BCUT2D eigenvalue weighted by Crippen LogP contribution is -2.16. The predicted octanol–water partition coefficient (Wildman–Crippen LogP) is 3.51. The first-order valence-corrected chi connectivity index (χ1v) is 6.40. The number of hydrogen-bond acceptors (Lipinski definition) is 2. The first kappa shape index (κ1) is 10.2. The van der Waals surface area contributed by atoms with Crippen LogP contribution < -0.4 is 5.32 Å². The second-order valence-electron chi connectivity index (χ2n) is 4.33. The number of aryl methyl sites for hydroxylation is 1. The lowest BCUT2D eigenvalue weighted by atomic mass is 10.1. The zero-order valence-electron chi connectivity index (χ0n) is 9.05. The van der Waals surface area contributed by atoms with Gasteiger partial charge in [0.1, 0.15) is 0 Å². The molecule has 1 saturated carbocycles. The maximum absolute atomic E-state index is 3.44. The molecule has 2 heteroatoms. The Morgan fingerprint density at radius 3 is 2.86 bits per heavy atom. The molecule has 0 aliphatic heterocycles. The SMILES string of the molecule is CNC(CCC1CC1)c1sccc1C. The van der Waals surface area contributed by atoms with E-state index in [-0.39, 0.29) is 0 Å². The van der Waals surface area contributed by atoms with Crippen LogP contribution in [0.5, 0.6) is 0 Å². The molecule has 1 aliphatic rings. The van der Waals surface area contributed by atoms with E-state index in [0.717, 1.165) is 5.92 Å². The normalized spacial score (nSPS) is 18.4. The smallest absolute Gasteiger partial charge is 0.0415 e. The fourth-order valence-corrected chi connectivity index (χ4v) is 3.03. The Balaban J connectivity index is 1.93. The van der Waals surface area contributed by atoms with E-state index in [1.165, 1.54) is 36.1 Å². The van der Waals surface area contributed by atoms with Crippen LogP contribution in [-0.2, 0) is 0 Å². The summed E-state index contributed by atoms with van der Waals surface area (Å²) >= 11 is 1.89. The van der Waals surface area contributed by atoms with Crippen molar-refractivity contribution >= 4 is 11.3 Å². The largest absolute Gasteiger partial charge is 0.312 e. The van der Waals surface area contributed by atoms with Crippen molar-refractivity contribution < 1.29 is 0 Å². The molecular formula is C12H19NS. The summed E-state index contributed by atoms with van der Waals surface area (Å²) in [4.78, 5) is 1.54. The van der Waals surface area contributed by atoms with Gasteiger partial charge in [-0.2, -0.15) is 0 Å². The molecule has 0 spiro atoms. The van der Waals surface area contributed by atoms with Gasteiger partial charge in [0.15, 0.2) is 0 Å². The van der Waals surface area contributed by atoms with Gasteiger partial charge < -0.3 is 5.32 Å². The highest BCUT2D eigenvalue weighted by atomic mass is 32.1. The number of hydrogen-bond donors (Lipinski definition) is 1. The quantitative estimate of drug-likeness (QED) is 0.782. The zero-order chi connectivity index (χ0) is 9.97. The molecule has 1 atom stereocenters. The van der Waals surface area contributed by atoms with Crippen molar-refractivity contribution in [3.63, 3.8) is 0 Å². The Hall–Kier alpha value is -0.340. The van der Waals surface area contributed by atoms with E-state index in [1.807, 2.05) is 11.3 Å². The molecule has 0 amide bonds. The van der Waals surface area contributed by atoms with Crippen LogP contribution in [0.3, 0.4) is 0 Å². The minimum Gasteiger partial charge on any atom is -0.312 e. The maximum Gasteiger partial charge on any atom is 0.0415 e. The molecule has 1 unspecified atom stereocenters. The average Bonchev–Trinajstić information content (AvgIpc) is 2.92. The number of rotatable bonds is 5. The summed E-state index contributed by atoms with van der Waals surface area (Å²) in [7, 11) is 2.08. The van der Waals surface area contributed by atoms with Crippen LogP contribution in [0.25, 0.3) is 0 Å². The lowest BCUT2D eigenvalue weighted by Gasteiger charge is -2.15.